The van der Waals surface area contributed by atoms with E-state index in [9.17, 15) is 9.90 Å². The second-order valence-electron chi connectivity index (χ2n) is 3.46. The first kappa shape index (κ1) is 11.3. The van der Waals surface area contributed by atoms with Gasteiger partial charge in [0, 0.05) is 12.1 Å². The summed E-state index contributed by atoms with van der Waals surface area (Å²) in [6.07, 6.45) is 0. The molecule has 0 aliphatic rings. The van der Waals surface area contributed by atoms with Crippen molar-refractivity contribution < 1.29 is 19.3 Å². The maximum atomic E-state index is 11.2. The largest absolute Gasteiger partial charge is 0.504 e. The van der Waals surface area contributed by atoms with Crippen molar-refractivity contribution in [3.63, 3.8) is 0 Å². The summed E-state index contributed by atoms with van der Waals surface area (Å²) in [5.74, 6) is 1.16. The summed E-state index contributed by atoms with van der Waals surface area (Å²) >= 11 is 0. The molecule has 1 N–H and O–H groups in total. The molecule has 0 heterocycles. The molecule has 0 spiro atoms. The van der Waals surface area contributed by atoms with E-state index in [4.69, 9.17) is 14.2 Å². The third-order valence-corrected chi connectivity index (χ3v) is 2.58. The number of methoxy groups -OCH3 is 3. The first-order chi connectivity index (χ1) is 8.13. The predicted octanol–water partition coefficient (Wildman–Crippen LogP) is 1.32. The summed E-state index contributed by atoms with van der Waals surface area (Å²) in [5, 5.41) is 9.30. The van der Waals surface area contributed by atoms with Gasteiger partial charge in [-0.3, -0.25) is 4.79 Å². The summed E-state index contributed by atoms with van der Waals surface area (Å²) in [6, 6.07) is 3.26. The number of benzene rings is 1. The third-order valence-electron chi connectivity index (χ3n) is 2.58. The number of rotatable bonds is 4. The Kier molecular flexibility index (Phi) is 2.67. The van der Waals surface area contributed by atoms with Gasteiger partial charge >= 0.3 is 0 Å². The Bertz CT molecular complexity index is 538. The first-order valence-corrected chi connectivity index (χ1v) is 4.92. The SMILES string of the molecule is COc1cc(OC)c(-c2c(O)c2=O)c(OC)c1. The summed E-state index contributed by atoms with van der Waals surface area (Å²) in [7, 11) is 4.47. The maximum Gasteiger partial charge on any atom is 0.232 e. The molecule has 2 aromatic rings. The molecular formula is C12H12O5. The van der Waals surface area contributed by atoms with Crippen LogP contribution in [0.2, 0.25) is 0 Å². The van der Waals surface area contributed by atoms with E-state index in [-0.39, 0.29) is 16.7 Å². The van der Waals surface area contributed by atoms with Crippen molar-refractivity contribution in [1.29, 1.82) is 0 Å². The molecule has 2 aromatic carbocycles. The Balaban J connectivity index is 2.64. The lowest BCUT2D eigenvalue weighted by atomic mass is 10.1. The molecule has 0 bridgehead atoms. The van der Waals surface area contributed by atoms with Crippen LogP contribution in [0.3, 0.4) is 0 Å². The standard InChI is InChI=1S/C12H12O5/c1-15-6-4-7(16-2)9(8(5-6)17-3)10-11(13)12(10)14/h4-5,13H,1-3H3. The molecule has 5 nitrogen and oxygen atoms in total. The fourth-order valence-corrected chi connectivity index (χ4v) is 1.65. The van der Waals surface area contributed by atoms with Gasteiger partial charge in [0.05, 0.1) is 32.5 Å². The molecule has 0 saturated heterocycles. The number of ether oxygens (including phenoxy) is 3. The highest BCUT2D eigenvalue weighted by Gasteiger charge is 2.30. The van der Waals surface area contributed by atoms with E-state index in [1.165, 1.54) is 21.3 Å². The lowest BCUT2D eigenvalue weighted by molar-refractivity contribution is 0.377. The molecule has 0 fully saturated rings. The van der Waals surface area contributed by atoms with Gasteiger partial charge in [-0.1, -0.05) is 0 Å². The Morgan fingerprint density at radius 1 is 0.941 bits per heavy atom. The third kappa shape index (κ3) is 1.69. The van der Waals surface area contributed by atoms with E-state index in [1.54, 1.807) is 12.1 Å². The summed E-state index contributed by atoms with van der Waals surface area (Å²) in [6.45, 7) is 0. The van der Waals surface area contributed by atoms with Gasteiger partial charge in [-0.15, -0.1) is 0 Å². The summed E-state index contributed by atoms with van der Waals surface area (Å²) in [5.41, 5.74) is 0.311. The van der Waals surface area contributed by atoms with Gasteiger partial charge in [0.2, 0.25) is 5.43 Å². The van der Waals surface area contributed by atoms with E-state index in [2.05, 4.69) is 0 Å². The van der Waals surface area contributed by atoms with Crippen molar-refractivity contribution in [2.24, 2.45) is 0 Å². The van der Waals surface area contributed by atoms with Gasteiger partial charge in [0.15, 0.2) is 5.75 Å². The Morgan fingerprint density at radius 3 is 1.71 bits per heavy atom. The van der Waals surface area contributed by atoms with Crippen molar-refractivity contribution in [1.82, 2.24) is 0 Å². The molecule has 17 heavy (non-hydrogen) atoms. The van der Waals surface area contributed by atoms with Gasteiger partial charge in [-0.05, 0) is 0 Å². The Labute approximate surface area is 97.8 Å². The van der Waals surface area contributed by atoms with Crippen LogP contribution in [0.15, 0.2) is 16.9 Å². The van der Waals surface area contributed by atoms with Crippen molar-refractivity contribution in [2.45, 2.75) is 0 Å². The second kappa shape index (κ2) is 4.01. The van der Waals surface area contributed by atoms with E-state index < -0.39 is 0 Å². The minimum atomic E-state index is -0.383. The van der Waals surface area contributed by atoms with Crippen LogP contribution < -0.4 is 19.6 Å². The van der Waals surface area contributed by atoms with E-state index in [1.807, 2.05) is 0 Å². The van der Waals surface area contributed by atoms with Crippen LogP contribution in [0.5, 0.6) is 23.0 Å². The predicted molar refractivity (Wildman–Crippen MR) is 61.8 cm³/mol. The van der Waals surface area contributed by atoms with Gasteiger partial charge in [0.1, 0.15) is 17.2 Å². The van der Waals surface area contributed by atoms with E-state index >= 15 is 0 Å². The second-order valence-corrected chi connectivity index (χ2v) is 3.46. The van der Waals surface area contributed by atoms with Crippen LogP contribution in [0, 0.1) is 0 Å². The van der Waals surface area contributed by atoms with E-state index in [0.29, 0.717) is 22.8 Å². The van der Waals surface area contributed by atoms with Gasteiger partial charge < -0.3 is 19.3 Å². The van der Waals surface area contributed by atoms with Crippen molar-refractivity contribution in [2.75, 3.05) is 21.3 Å². The fourth-order valence-electron chi connectivity index (χ4n) is 1.65. The normalized spacial score (nSPS) is 10.5. The van der Waals surface area contributed by atoms with Crippen LogP contribution in [0.25, 0.3) is 11.1 Å². The number of hydrogen-bond acceptors (Lipinski definition) is 5. The fraction of sp³-hybridized carbons (Fsp3) is 0.250. The molecule has 0 amide bonds. The van der Waals surface area contributed by atoms with Gasteiger partial charge in [-0.25, -0.2) is 0 Å². The topological polar surface area (TPSA) is 65.0 Å². The average Bonchev–Trinajstić information content (AvgIpc) is 2.95. The molecule has 0 saturated carbocycles. The summed E-state index contributed by atoms with van der Waals surface area (Å²) in [4.78, 5) is 11.2. The highest BCUT2D eigenvalue weighted by atomic mass is 16.5. The lowest BCUT2D eigenvalue weighted by Crippen LogP contribution is -1.94. The Morgan fingerprint density at radius 2 is 1.41 bits per heavy atom. The molecule has 0 aliphatic heterocycles. The smallest absolute Gasteiger partial charge is 0.232 e. The zero-order chi connectivity index (χ0) is 12.6. The van der Waals surface area contributed by atoms with Crippen molar-refractivity contribution >= 4 is 0 Å². The molecule has 0 unspecified atom stereocenters. The van der Waals surface area contributed by atoms with Crippen LogP contribution in [-0.4, -0.2) is 26.4 Å². The minimum Gasteiger partial charge on any atom is -0.504 e. The van der Waals surface area contributed by atoms with E-state index in [0.717, 1.165) is 0 Å². The van der Waals surface area contributed by atoms with Crippen LogP contribution in [0.1, 0.15) is 0 Å². The molecule has 5 heteroatoms. The molecule has 0 aromatic heterocycles. The highest BCUT2D eigenvalue weighted by molar-refractivity contribution is 5.88. The van der Waals surface area contributed by atoms with Crippen LogP contribution in [-0.2, 0) is 0 Å². The zero-order valence-electron chi connectivity index (χ0n) is 9.73. The number of hydrogen-bond donors (Lipinski definition) is 1. The molecule has 2 rings (SSSR count). The Hall–Kier alpha value is -2.17. The van der Waals surface area contributed by atoms with Crippen molar-refractivity contribution in [3.05, 3.63) is 22.4 Å². The van der Waals surface area contributed by atoms with Crippen LogP contribution >= 0.6 is 0 Å². The first-order valence-electron chi connectivity index (χ1n) is 4.92. The average molecular weight is 236 g/mol. The zero-order valence-corrected chi connectivity index (χ0v) is 9.73. The molecule has 90 valence electrons. The maximum absolute atomic E-state index is 11.2. The highest BCUT2D eigenvalue weighted by Crippen LogP contribution is 2.46. The molecule has 0 radical (unpaired) electrons. The lowest BCUT2D eigenvalue weighted by Gasteiger charge is -2.12. The van der Waals surface area contributed by atoms with Gasteiger partial charge in [-0.2, -0.15) is 0 Å². The molecular weight excluding hydrogens is 224 g/mol. The van der Waals surface area contributed by atoms with Crippen molar-refractivity contribution in [3.8, 4) is 34.1 Å². The monoisotopic (exact) mass is 236 g/mol. The number of aromatic hydroxyl groups is 1. The summed E-state index contributed by atoms with van der Waals surface area (Å²) < 4.78 is 15.4. The van der Waals surface area contributed by atoms with Gasteiger partial charge in [0.25, 0.3) is 0 Å². The van der Waals surface area contributed by atoms with Crippen LogP contribution in [0.4, 0.5) is 0 Å². The molecule has 0 atom stereocenters. The molecule has 0 aliphatic carbocycles. The quantitative estimate of drug-likeness (QED) is 0.867. The minimum absolute atomic E-state index is 0.237.